The predicted octanol–water partition coefficient (Wildman–Crippen LogP) is -0.00650. The van der Waals surface area contributed by atoms with Crippen molar-refractivity contribution in [2.24, 2.45) is 4.99 Å². The number of aromatic amines is 2. The highest BCUT2D eigenvalue weighted by atomic mass is 16.5. The zero-order valence-electron chi connectivity index (χ0n) is 16.7. The summed E-state index contributed by atoms with van der Waals surface area (Å²) in [4.78, 5) is 34.1. The predicted molar refractivity (Wildman–Crippen MR) is 109 cm³/mol. The second kappa shape index (κ2) is 7.67. The summed E-state index contributed by atoms with van der Waals surface area (Å²) in [5.41, 5.74) is 2.46. The number of imidazole rings is 1. The van der Waals surface area contributed by atoms with E-state index < -0.39 is 5.69 Å². The Kier molecular flexibility index (Phi) is 4.69. The Morgan fingerprint density at radius 1 is 1.29 bits per heavy atom. The van der Waals surface area contributed by atoms with Gasteiger partial charge in [0.1, 0.15) is 12.3 Å². The van der Waals surface area contributed by atoms with E-state index in [2.05, 4.69) is 41.9 Å². The number of hydrogen-bond donors (Lipinski definition) is 3. The number of rotatable bonds is 6. The average Bonchev–Trinajstić information content (AvgIpc) is 3.41. The van der Waals surface area contributed by atoms with Crippen molar-refractivity contribution in [2.45, 2.75) is 38.8 Å². The van der Waals surface area contributed by atoms with Crippen LogP contribution >= 0.6 is 0 Å². The fraction of sp³-hybridized carbons (Fsp3) is 0.300. The minimum absolute atomic E-state index is 0.148. The molecule has 0 atom stereocenters. The summed E-state index contributed by atoms with van der Waals surface area (Å²) < 4.78 is 7.33. The normalized spacial score (nSPS) is 15.1. The van der Waals surface area contributed by atoms with Gasteiger partial charge < -0.3 is 14.8 Å². The number of aromatic nitrogens is 7. The molecule has 0 aliphatic heterocycles. The molecular formula is C20H20N8O3. The van der Waals surface area contributed by atoms with Gasteiger partial charge in [-0.2, -0.15) is 19.6 Å². The van der Waals surface area contributed by atoms with Crippen LogP contribution in [0.1, 0.15) is 36.7 Å². The lowest BCUT2D eigenvalue weighted by molar-refractivity contribution is 0.274. The zero-order chi connectivity index (χ0) is 21.4. The van der Waals surface area contributed by atoms with Gasteiger partial charge in [-0.15, -0.1) is 0 Å². The molecule has 0 saturated heterocycles. The smallest absolute Gasteiger partial charge is 0.326 e. The number of aromatic hydroxyl groups is 1. The lowest BCUT2D eigenvalue weighted by Gasteiger charge is -2.05. The Morgan fingerprint density at radius 3 is 2.84 bits per heavy atom. The van der Waals surface area contributed by atoms with Crippen molar-refractivity contribution < 1.29 is 9.84 Å². The number of hydrogen-bond acceptors (Lipinski definition) is 8. The van der Waals surface area contributed by atoms with Crippen LogP contribution < -0.4 is 21.3 Å². The monoisotopic (exact) mass is 420 g/mol. The summed E-state index contributed by atoms with van der Waals surface area (Å²) in [5, 5.41) is 14.7. The molecule has 1 aliphatic rings. The lowest BCUT2D eigenvalue weighted by atomic mass is 10.2. The summed E-state index contributed by atoms with van der Waals surface area (Å²) in [6, 6.07) is 4.29. The summed E-state index contributed by atoms with van der Waals surface area (Å²) in [7, 11) is 0. The van der Waals surface area contributed by atoms with Crippen molar-refractivity contribution in [3.8, 4) is 11.9 Å². The van der Waals surface area contributed by atoms with E-state index in [9.17, 15) is 9.90 Å². The third kappa shape index (κ3) is 4.02. The fourth-order valence-electron chi connectivity index (χ4n) is 3.01. The van der Waals surface area contributed by atoms with Gasteiger partial charge in [-0.25, -0.2) is 9.79 Å². The van der Waals surface area contributed by atoms with Gasteiger partial charge in [0.2, 0.25) is 5.88 Å². The molecule has 0 unspecified atom stereocenters. The van der Waals surface area contributed by atoms with Crippen LogP contribution in [0.2, 0.25) is 0 Å². The minimum atomic E-state index is -0.509. The zero-order valence-corrected chi connectivity index (χ0v) is 16.7. The molecule has 1 aliphatic carbocycles. The molecular weight excluding hydrogens is 400 g/mol. The third-order valence-electron chi connectivity index (χ3n) is 4.88. The van der Waals surface area contributed by atoms with Crippen LogP contribution in [0.5, 0.6) is 11.9 Å². The van der Waals surface area contributed by atoms with Crippen LogP contribution in [0.4, 0.5) is 0 Å². The van der Waals surface area contributed by atoms with Crippen molar-refractivity contribution in [2.75, 3.05) is 0 Å². The Hall–Kier alpha value is -4.02. The van der Waals surface area contributed by atoms with Crippen molar-refractivity contribution >= 4 is 11.7 Å². The summed E-state index contributed by atoms with van der Waals surface area (Å²) in [6.07, 6.45) is 7.89. The molecule has 4 aromatic heterocycles. The van der Waals surface area contributed by atoms with Crippen LogP contribution in [0.15, 0.2) is 34.3 Å². The van der Waals surface area contributed by atoms with Gasteiger partial charge in [-0.05, 0) is 37.0 Å². The Morgan fingerprint density at radius 2 is 2.16 bits per heavy atom. The molecule has 4 aromatic rings. The number of nitrogens with zero attached hydrogens (tertiary/aromatic N) is 6. The van der Waals surface area contributed by atoms with Crippen molar-refractivity contribution in [3.05, 3.63) is 62.8 Å². The number of pyridine rings is 1. The molecule has 0 radical (unpaired) electrons. The highest BCUT2D eigenvalue weighted by Crippen LogP contribution is 2.22. The maximum absolute atomic E-state index is 11.4. The topological polar surface area (TPSA) is 146 Å². The van der Waals surface area contributed by atoms with E-state index in [1.165, 1.54) is 4.52 Å². The molecule has 4 heterocycles. The Labute approximate surface area is 175 Å². The van der Waals surface area contributed by atoms with E-state index in [4.69, 9.17) is 4.74 Å². The quantitative estimate of drug-likeness (QED) is 0.398. The average molecular weight is 420 g/mol. The van der Waals surface area contributed by atoms with Crippen LogP contribution in [0.25, 0.3) is 11.7 Å². The minimum Gasteiger partial charge on any atom is -0.493 e. The number of H-pyrrole nitrogens is 2. The van der Waals surface area contributed by atoms with Gasteiger partial charge in [0.05, 0.1) is 17.9 Å². The molecule has 11 heteroatoms. The van der Waals surface area contributed by atoms with Crippen molar-refractivity contribution in [1.82, 2.24) is 34.5 Å². The van der Waals surface area contributed by atoms with Gasteiger partial charge in [-0.1, -0.05) is 13.0 Å². The second-order valence-electron chi connectivity index (χ2n) is 7.29. The molecule has 0 spiro atoms. The molecule has 11 nitrogen and oxygen atoms in total. The molecule has 5 rings (SSSR count). The molecule has 158 valence electrons. The van der Waals surface area contributed by atoms with E-state index in [1.807, 2.05) is 18.3 Å². The SMILES string of the molecule is CCc1ccc(COc2nc(=NC3CC3)n3ncc(=Cc4[nH]c(=O)[nH]c4O)c3n2)nc1. The Balaban J connectivity index is 1.55. The van der Waals surface area contributed by atoms with Crippen molar-refractivity contribution in [3.63, 3.8) is 0 Å². The first kappa shape index (κ1) is 19.0. The van der Waals surface area contributed by atoms with Crippen molar-refractivity contribution in [1.29, 1.82) is 0 Å². The van der Waals surface area contributed by atoms with E-state index in [-0.39, 0.29) is 30.2 Å². The molecule has 0 bridgehead atoms. The maximum Gasteiger partial charge on any atom is 0.326 e. The number of fused-ring (bicyclic) bond motifs is 1. The highest BCUT2D eigenvalue weighted by molar-refractivity contribution is 5.56. The van der Waals surface area contributed by atoms with Gasteiger partial charge >= 0.3 is 11.7 Å². The summed E-state index contributed by atoms with van der Waals surface area (Å²) in [5.74, 6) is -0.264. The molecule has 3 N–H and O–H groups in total. The first-order valence-electron chi connectivity index (χ1n) is 9.98. The summed E-state index contributed by atoms with van der Waals surface area (Å²) in [6.45, 7) is 2.28. The first-order chi connectivity index (χ1) is 15.1. The van der Waals surface area contributed by atoms with Gasteiger partial charge in [0.25, 0.3) is 5.62 Å². The number of ether oxygens (including phenoxy) is 1. The van der Waals surface area contributed by atoms with E-state index in [1.54, 1.807) is 12.3 Å². The van der Waals surface area contributed by atoms with E-state index in [0.717, 1.165) is 30.5 Å². The fourth-order valence-corrected chi connectivity index (χ4v) is 3.01. The second-order valence-corrected chi connectivity index (χ2v) is 7.29. The maximum atomic E-state index is 11.4. The molecule has 0 amide bonds. The Bertz CT molecular complexity index is 1410. The van der Waals surface area contributed by atoms with Gasteiger partial charge in [0.15, 0.2) is 5.65 Å². The molecule has 0 aromatic carbocycles. The molecule has 1 fully saturated rings. The standard InChI is InChI=1S/C20H20N8O3/c1-2-11-3-4-14(21-8-11)10-31-20-25-16-12(7-15-17(29)26-19(30)24-15)9-22-28(16)18(27-20)23-13-5-6-13/h3-4,7-9,13,29H,2,5-6,10H2,1H3,(H2,24,26,30). The van der Waals surface area contributed by atoms with Crippen LogP contribution in [-0.2, 0) is 13.0 Å². The van der Waals surface area contributed by atoms with Crippen LogP contribution in [0, 0.1) is 0 Å². The number of aryl methyl sites for hydroxylation is 1. The van der Waals surface area contributed by atoms with Gasteiger partial charge in [0, 0.05) is 11.4 Å². The lowest BCUT2D eigenvalue weighted by Crippen LogP contribution is -2.24. The molecule has 1 saturated carbocycles. The number of nitrogens with one attached hydrogen (secondary N) is 2. The van der Waals surface area contributed by atoms with Crippen LogP contribution in [0.3, 0.4) is 0 Å². The third-order valence-corrected chi connectivity index (χ3v) is 4.88. The largest absolute Gasteiger partial charge is 0.493 e. The van der Waals surface area contributed by atoms with E-state index in [0.29, 0.717) is 16.5 Å². The molecule has 31 heavy (non-hydrogen) atoms. The highest BCUT2D eigenvalue weighted by Gasteiger charge is 2.21. The van der Waals surface area contributed by atoms with Crippen LogP contribution in [-0.4, -0.2) is 45.7 Å². The van der Waals surface area contributed by atoms with E-state index >= 15 is 0 Å². The summed E-state index contributed by atoms with van der Waals surface area (Å²) >= 11 is 0. The van der Waals surface area contributed by atoms with Gasteiger partial charge in [-0.3, -0.25) is 9.97 Å². The first-order valence-corrected chi connectivity index (χ1v) is 9.98.